The third kappa shape index (κ3) is 3.65. The maximum Gasteiger partial charge on any atom is 0.222 e. The highest BCUT2D eigenvalue weighted by Crippen LogP contribution is 2.41. The monoisotopic (exact) mass is 372 g/mol. The van der Waals surface area contributed by atoms with Crippen molar-refractivity contribution in [3.05, 3.63) is 70.2 Å². The molecule has 1 amide bonds. The number of nitrogens with one attached hydrogen (secondary N) is 1. The number of hydrogen-bond acceptors (Lipinski definition) is 2. The molecule has 1 aliphatic carbocycles. The summed E-state index contributed by atoms with van der Waals surface area (Å²) < 4.78 is 1.05. The number of amides is 1. The van der Waals surface area contributed by atoms with Gasteiger partial charge in [-0.1, -0.05) is 58.4 Å². The Morgan fingerprint density at radius 1 is 1.13 bits per heavy atom. The van der Waals surface area contributed by atoms with Gasteiger partial charge in [0.05, 0.1) is 5.54 Å². The molecule has 1 fully saturated rings. The summed E-state index contributed by atoms with van der Waals surface area (Å²) >= 11 is 3.46. The number of hydrogen-bond donors (Lipinski definition) is 2. The Hall–Kier alpha value is -1.65. The highest BCUT2D eigenvalue weighted by Gasteiger charge is 2.40. The van der Waals surface area contributed by atoms with Gasteiger partial charge in [-0.2, -0.15) is 0 Å². The van der Waals surface area contributed by atoms with E-state index in [4.69, 9.17) is 5.73 Å². The minimum absolute atomic E-state index is 0.0176. The molecule has 0 aliphatic heterocycles. The minimum atomic E-state index is -0.266. The van der Waals surface area contributed by atoms with Crippen LogP contribution in [-0.4, -0.2) is 5.91 Å². The van der Waals surface area contributed by atoms with Crippen molar-refractivity contribution in [1.82, 2.24) is 5.32 Å². The number of carbonyl (C=O) groups excluding carboxylic acids is 1. The van der Waals surface area contributed by atoms with Crippen molar-refractivity contribution in [2.24, 2.45) is 5.73 Å². The Bertz CT molecular complexity index is 666. The molecule has 3 rings (SSSR count). The van der Waals surface area contributed by atoms with Gasteiger partial charge in [0, 0.05) is 16.9 Å². The maximum absolute atomic E-state index is 12.5. The fourth-order valence-corrected chi connectivity index (χ4v) is 3.39. The van der Waals surface area contributed by atoms with E-state index in [1.165, 1.54) is 5.56 Å². The van der Waals surface area contributed by atoms with Gasteiger partial charge >= 0.3 is 0 Å². The van der Waals surface area contributed by atoms with Gasteiger partial charge in [-0.05, 0) is 42.5 Å². The molecule has 1 unspecified atom stereocenters. The molecule has 0 saturated heterocycles. The van der Waals surface area contributed by atoms with Crippen molar-refractivity contribution in [2.75, 3.05) is 0 Å². The first-order valence-corrected chi connectivity index (χ1v) is 8.76. The van der Waals surface area contributed by atoms with Crippen LogP contribution in [0.25, 0.3) is 0 Å². The fourth-order valence-electron chi connectivity index (χ4n) is 3.12. The Morgan fingerprint density at radius 3 is 2.35 bits per heavy atom. The van der Waals surface area contributed by atoms with Crippen LogP contribution in [0.4, 0.5) is 0 Å². The molecular formula is C19H21BrN2O. The second-order valence-electron chi connectivity index (χ2n) is 6.21. The number of benzene rings is 2. The Labute approximate surface area is 145 Å². The van der Waals surface area contributed by atoms with E-state index in [1.54, 1.807) is 0 Å². The number of halogens is 1. The van der Waals surface area contributed by atoms with Crippen LogP contribution < -0.4 is 11.1 Å². The van der Waals surface area contributed by atoms with E-state index < -0.39 is 0 Å². The summed E-state index contributed by atoms with van der Waals surface area (Å²) in [6, 6.07) is 17.7. The SMILES string of the molecule is NC(CC(=O)NC1(c2ccc(Br)cc2)CCC1)c1ccccc1. The van der Waals surface area contributed by atoms with E-state index in [-0.39, 0.29) is 17.5 Å². The number of nitrogens with two attached hydrogens (primary N) is 1. The normalized spacial score (nSPS) is 17.1. The maximum atomic E-state index is 12.5. The second kappa shape index (κ2) is 6.85. The molecule has 0 bridgehead atoms. The van der Waals surface area contributed by atoms with Crippen LogP contribution in [0, 0.1) is 0 Å². The molecule has 120 valence electrons. The van der Waals surface area contributed by atoms with E-state index >= 15 is 0 Å². The molecule has 1 atom stereocenters. The van der Waals surface area contributed by atoms with Crippen molar-refractivity contribution in [3.8, 4) is 0 Å². The second-order valence-corrected chi connectivity index (χ2v) is 7.13. The lowest BCUT2D eigenvalue weighted by molar-refractivity contribution is -0.124. The van der Waals surface area contributed by atoms with Gasteiger partial charge in [0.2, 0.25) is 5.91 Å². The summed E-state index contributed by atoms with van der Waals surface area (Å²) in [4.78, 5) is 12.5. The molecule has 1 saturated carbocycles. The van der Waals surface area contributed by atoms with Crippen LogP contribution in [0.1, 0.15) is 42.9 Å². The Balaban J connectivity index is 1.67. The van der Waals surface area contributed by atoms with E-state index in [2.05, 4.69) is 33.4 Å². The van der Waals surface area contributed by atoms with Crippen LogP contribution in [0.15, 0.2) is 59.1 Å². The predicted molar refractivity (Wildman–Crippen MR) is 95.8 cm³/mol. The summed E-state index contributed by atoms with van der Waals surface area (Å²) in [6.45, 7) is 0. The molecule has 3 nitrogen and oxygen atoms in total. The third-order valence-corrected chi connectivity index (χ3v) is 5.14. The largest absolute Gasteiger partial charge is 0.347 e. The molecule has 0 heterocycles. The number of carbonyl (C=O) groups is 1. The first kappa shape index (κ1) is 16.2. The molecule has 0 radical (unpaired) electrons. The highest BCUT2D eigenvalue weighted by atomic mass is 79.9. The molecule has 23 heavy (non-hydrogen) atoms. The molecule has 3 N–H and O–H groups in total. The summed E-state index contributed by atoms with van der Waals surface area (Å²) in [5.41, 5.74) is 8.12. The lowest BCUT2D eigenvalue weighted by Crippen LogP contribution is -2.51. The van der Waals surface area contributed by atoms with Gasteiger partial charge in [0.1, 0.15) is 0 Å². The zero-order valence-corrected chi connectivity index (χ0v) is 14.6. The molecular weight excluding hydrogens is 352 g/mol. The molecule has 4 heteroatoms. The summed E-state index contributed by atoms with van der Waals surface area (Å²) in [7, 11) is 0. The molecule has 0 spiro atoms. The van der Waals surface area contributed by atoms with Crippen LogP contribution in [0.3, 0.4) is 0 Å². The first-order valence-electron chi connectivity index (χ1n) is 7.97. The van der Waals surface area contributed by atoms with Crippen molar-refractivity contribution in [3.63, 3.8) is 0 Å². The minimum Gasteiger partial charge on any atom is -0.347 e. The van der Waals surface area contributed by atoms with E-state index in [0.717, 1.165) is 29.3 Å². The Morgan fingerprint density at radius 2 is 1.78 bits per heavy atom. The van der Waals surface area contributed by atoms with Gasteiger partial charge in [0.25, 0.3) is 0 Å². The van der Waals surface area contributed by atoms with Crippen LogP contribution in [-0.2, 0) is 10.3 Å². The van der Waals surface area contributed by atoms with Gasteiger partial charge in [0.15, 0.2) is 0 Å². The van der Waals surface area contributed by atoms with Crippen molar-refractivity contribution in [2.45, 2.75) is 37.3 Å². The average molecular weight is 373 g/mol. The zero-order chi connectivity index (χ0) is 16.3. The van der Waals surface area contributed by atoms with Crippen molar-refractivity contribution in [1.29, 1.82) is 0 Å². The topological polar surface area (TPSA) is 55.1 Å². The molecule has 2 aromatic carbocycles. The predicted octanol–water partition coefficient (Wildman–Crippen LogP) is 4.03. The van der Waals surface area contributed by atoms with Crippen LogP contribution in [0.5, 0.6) is 0 Å². The lowest BCUT2D eigenvalue weighted by Gasteiger charge is -2.43. The first-order chi connectivity index (χ1) is 11.1. The van der Waals surface area contributed by atoms with E-state index in [0.29, 0.717) is 6.42 Å². The summed E-state index contributed by atoms with van der Waals surface area (Å²) in [5.74, 6) is 0.0176. The van der Waals surface area contributed by atoms with Crippen LogP contribution in [0.2, 0.25) is 0 Å². The molecule has 1 aliphatic rings. The average Bonchev–Trinajstić information content (AvgIpc) is 2.53. The van der Waals surface area contributed by atoms with Gasteiger partial charge in [-0.25, -0.2) is 0 Å². The lowest BCUT2D eigenvalue weighted by atomic mass is 9.71. The van der Waals surface area contributed by atoms with Crippen LogP contribution >= 0.6 is 15.9 Å². The van der Waals surface area contributed by atoms with Gasteiger partial charge in [-0.3, -0.25) is 4.79 Å². The van der Waals surface area contributed by atoms with Gasteiger partial charge < -0.3 is 11.1 Å². The summed E-state index contributed by atoms with van der Waals surface area (Å²) in [6.07, 6.45) is 3.42. The van der Waals surface area contributed by atoms with Gasteiger partial charge in [-0.15, -0.1) is 0 Å². The zero-order valence-electron chi connectivity index (χ0n) is 13.0. The number of rotatable bonds is 5. The molecule has 2 aromatic rings. The summed E-state index contributed by atoms with van der Waals surface area (Å²) in [5, 5.41) is 3.23. The van der Waals surface area contributed by atoms with Crippen molar-refractivity contribution < 1.29 is 4.79 Å². The standard InChI is InChI=1S/C19H21BrN2O/c20-16-9-7-15(8-10-16)19(11-4-12-19)22-18(23)13-17(21)14-5-2-1-3-6-14/h1-3,5-10,17H,4,11-13,21H2,(H,22,23). The third-order valence-electron chi connectivity index (χ3n) is 4.62. The quantitative estimate of drug-likeness (QED) is 0.831. The van der Waals surface area contributed by atoms with E-state index in [1.807, 2.05) is 42.5 Å². The smallest absolute Gasteiger partial charge is 0.222 e. The fraction of sp³-hybridized carbons (Fsp3) is 0.316. The van der Waals surface area contributed by atoms with Crippen molar-refractivity contribution >= 4 is 21.8 Å². The highest BCUT2D eigenvalue weighted by molar-refractivity contribution is 9.10. The Kier molecular flexibility index (Phi) is 4.83. The van der Waals surface area contributed by atoms with E-state index in [9.17, 15) is 4.79 Å². The molecule has 0 aromatic heterocycles.